The molecular formula is C19H28IN3O3. The van der Waals surface area contributed by atoms with Gasteiger partial charge in [-0.3, -0.25) is 0 Å². The van der Waals surface area contributed by atoms with Crippen LogP contribution in [0.4, 0.5) is 10.6 Å². The molecule has 1 unspecified atom stereocenters. The number of hydrogen-bond acceptors (Lipinski definition) is 5. The Morgan fingerprint density at radius 1 is 1.27 bits per heavy atom. The summed E-state index contributed by atoms with van der Waals surface area (Å²) >= 11 is 2.27. The van der Waals surface area contributed by atoms with E-state index in [1.54, 1.807) is 4.90 Å². The molecule has 1 atom stereocenters. The Kier molecular flexibility index (Phi) is 6.14. The third kappa shape index (κ3) is 5.14. The van der Waals surface area contributed by atoms with Gasteiger partial charge in [-0.1, -0.05) is 0 Å². The molecule has 0 radical (unpaired) electrons. The van der Waals surface area contributed by atoms with Gasteiger partial charge in [0, 0.05) is 32.1 Å². The highest BCUT2D eigenvalue weighted by Crippen LogP contribution is 2.26. The number of carbonyl (C=O) groups is 1. The van der Waals surface area contributed by atoms with E-state index >= 15 is 0 Å². The molecule has 3 rings (SSSR count). The van der Waals surface area contributed by atoms with E-state index in [-0.39, 0.29) is 6.09 Å². The van der Waals surface area contributed by atoms with Crippen LogP contribution in [0.25, 0.3) is 0 Å². The minimum atomic E-state index is -0.457. The van der Waals surface area contributed by atoms with E-state index in [2.05, 4.69) is 39.6 Å². The van der Waals surface area contributed by atoms with Gasteiger partial charge in [0.15, 0.2) is 0 Å². The molecule has 3 heterocycles. The molecule has 26 heavy (non-hydrogen) atoms. The topological polar surface area (TPSA) is 54.9 Å². The van der Waals surface area contributed by atoms with Crippen LogP contribution in [-0.2, 0) is 4.74 Å². The smallest absolute Gasteiger partial charge is 0.410 e. The van der Waals surface area contributed by atoms with Gasteiger partial charge in [-0.15, -0.1) is 0 Å². The number of nitrogens with zero attached hydrogens (tertiary/aromatic N) is 3. The van der Waals surface area contributed by atoms with Crippen molar-refractivity contribution in [1.82, 2.24) is 9.88 Å². The number of amides is 1. The van der Waals surface area contributed by atoms with Gasteiger partial charge < -0.3 is 19.3 Å². The van der Waals surface area contributed by atoms with Crippen molar-refractivity contribution in [3.63, 3.8) is 0 Å². The Labute approximate surface area is 169 Å². The van der Waals surface area contributed by atoms with Crippen LogP contribution in [0.1, 0.15) is 40.0 Å². The van der Waals surface area contributed by atoms with Crippen molar-refractivity contribution in [2.24, 2.45) is 5.92 Å². The van der Waals surface area contributed by atoms with E-state index in [4.69, 9.17) is 14.5 Å². The molecule has 0 N–H and O–H groups in total. The normalized spacial score (nSPS) is 20.5. The molecule has 7 heteroatoms. The quantitative estimate of drug-likeness (QED) is 0.621. The first kappa shape index (κ1) is 19.5. The van der Waals surface area contributed by atoms with Crippen LogP contribution < -0.4 is 9.64 Å². The Hall–Kier alpha value is -1.25. The van der Waals surface area contributed by atoms with Gasteiger partial charge in [0.25, 0.3) is 0 Å². The molecule has 2 aliphatic rings. The van der Waals surface area contributed by atoms with Crippen LogP contribution in [0.3, 0.4) is 0 Å². The fourth-order valence-corrected chi connectivity index (χ4v) is 3.75. The Bertz CT molecular complexity index is 641. The Balaban J connectivity index is 1.53. The number of anilines is 1. The molecule has 0 saturated carbocycles. The van der Waals surface area contributed by atoms with Crippen LogP contribution in [0.2, 0.25) is 0 Å². The summed E-state index contributed by atoms with van der Waals surface area (Å²) < 4.78 is 12.5. The van der Waals surface area contributed by atoms with E-state index in [0.29, 0.717) is 24.9 Å². The maximum atomic E-state index is 12.2. The highest BCUT2D eigenvalue weighted by molar-refractivity contribution is 14.1. The lowest BCUT2D eigenvalue weighted by Gasteiger charge is -2.24. The van der Waals surface area contributed by atoms with E-state index in [9.17, 15) is 4.79 Å². The molecule has 2 aliphatic heterocycles. The number of pyridine rings is 1. The zero-order chi connectivity index (χ0) is 18.7. The second-order valence-electron chi connectivity index (χ2n) is 8.04. The minimum absolute atomic E-state index is 0.233. The lowest BCUT2D eigenvalue weighted by molar-refractivity contribution is 0.0284. The number of halogens is 1. The molecule has 0 bridgehead atoms. The van der Waals surface area contributed by atoms with Gasteiger partial charge in [0.05, 0.1) is 10.2 Å². The van der Waals surface area contributed by atoms with Crippen molar-refractivity contribution in [3.8, 4) is 5.88 Å². The molecule has 1 aromatic heterocycles. The number of rotatable bonds is 4. The number of aromatic nitrogens is 1. The Morgan fingerprint density at radius 3 is 2.69 bits per heavy atom. The summed E-state index contributed by atoms with van der Waals surface area (Å²) in [6, 6.07) is 4.14. The number of likely N-dealkylation sites (tertiary alicyclic amines) is 1. The number of hydrogen-bond donors (Lipinski definition) is 0. The molecule has 2 fully saturated rings. The van der Waals surface area contributed by atoms with Crippen molar-refractivity contribution < 1.29 is 14.3 Å². The summed E-state index contributed by atoms with van der Waals surface area (Å²) in [4.78, 5) is 21.0. The van der Waals surface area contributed by atoms with Crippen LogP contribution in [0.15, 0.2) is 12.1 Å². The maximum absolute atomic E-state index is 12.2. The van der Waals surface area contributed by atoms with Crippen LogP contribution in [0, 0.1) is 9.49 Å². The van der Waals surface area contributed by atoms with Crippen molar-refractivity contribution >= 4 is 34.5 Å². The van der Waals surface area contributed by atoms with Crippen molar-refractivity contribution in [2.75, 3.05) is 37.7 Å². The van der Waals surface area contributed by atoms with Gasteiger partial charge >= 0.3 is 6.09 Å². The molecule has 2 saturated heterocycles. The second-order valence-corrected chi connectivity index (χ2v) is 9.20. The summed E-state index contributed by atoms with van der Waals surface area (Å²) in [5.74, 6) is 2.01. The number of ether oxygens (including phenoxy) is 2. The highest BCUT2D eigenvalue weighted by atomic mass is 127. The number of carbonyl (C=O) groups excluding carboxylic acids is 1. The summed E-state index contributed by atoms with van der Waals surface area (Å²) in [6.45, 7) is 9.79. The fourth-order valence-electron chi connectivity index (χ4n) is 3.30. The predicted molar refractivity (Wildman–Crippen MR) is 110 cm³/mol. The third-order valence-electron chi connectivity index (χ3n) is 4.62. The molecule has 0 aromatic carbocycles. The largest absolute Gasteiger partial charge is 0.476 e. The van der Waals surface area contributed by atoms with Crippen LogP contribution in [0.5, 0.6) is 5.88 Å². The molecule has 1 amide bonds. The summed E-state index contributed by atoms with van der Waals surface area (Å²) in [6.07, 6.45) is 3.16. The molecule has 0 spiro atoms. The maximum Gasteiger partial charge on any atom is 0.410 e. The highest BCUT2D eigenvalue weighted by Gasteiger charge is 2.30. The molecule has 0 aliphatic carbocycles. The zero-order valence-electron chi connectivity index (χ0n) is 15.8. The van der Waals surface area contributed by atoms with Gasteiger partial charge in [-0.2, -0.15) is 4.98 Å². The lowest BCUT2D eigenvalue weighted by Crippen LogP contribution is -2.35. The average Bonchev–Trinajstić information content (AvgIpc) is 3.24. The van der Waals surface area contributed by atoms with Gasteiger partial charge in [0.2, 0.25) is 5.88 Å². The van der Waals surface area contributed by atoms with E-state index in [1.807, 2.05) is 20.8 Å². The molecule has 144 valence electrons. The zero-order valence-corrected chi connectivity index (χ0v) is 18.0. The Morgan fingerprint density at radius 2 is 2.00 bits per heavy atom. The minimum Gasteiger partial charge on any atom is -0.476 e. The molecule has 6 nitrogen and oxygen atoms in total. The van der Waals surface area contributed by atoms with Crippen LogP contribution in [-0.4, -0.2) is 54.4 Å². The summed E-state index contributed by atoms with van der Waals surface area (Å²) in [5, 5.41) is 0. The van der Waals surface area contributed by atoms with Gasteiger partial charge in [-0.05, 0) is 74.8 Å². The monoisotopic (exact) mass is 473 g/mol. The third-order valence-corrected chi connectivity index (χ3v) is 5.44. The van der Waals surface area contributed by atoms with Crippen LogP contribution >= 0.6 is 22.6 Å². The SMILES string of the molecule is CC(C)(C)OC(=O)N1CCC(COc2nc(N3CCCC3)ccc2I)C1. The summed E-state index contributed by atoms with van der Waals surface area (Å²) in [7, 11) is 0. The molecular weight excluding hydrogens is 445 g/mol. The second kappa shape index (κ2) is 8.19. The van der Waals surface area contributed by atoms with Gasteiger partial charge in [0.1, 0.15) is 11.4 Å². The van der Waals surface area contributed by atoms with Crippen molar-refractivity contribution in [1.29, 1.82) is 0 Å². The lowest BCUT2D eigenvalue weighted by atomic mass is 10.1. The van der Waals surface area contributed by atoms with Crippen molar-refractivity contribution in [2.45, 2.75) is 45.6 Å². The van der Waals surface area contributed by atoms with Gasteiger partial charge in [-0.25, -0.2) is 4.79 Å². The van der Waals surface area contributed by atoms with E-state index < -0.39 is 5.60 Å². The predicted octanol–water partition coefficient (Wildman–Crippen LogP) is 3.92. The first-order chi connectivity index (χ1) is 12.3. The first-order valence-corrected chi connectivity index (χ1v) is 10.4. The van der Waals surface area contributed by atoms with E-state index in [1.165, 1.54) is 12.8 Å². The standard InChI is InChI=1S/C19H28IN3O3/c1-19(2,3)26-18(24)23-11-8-14(12-23)13-25-17-15(20)6-7-16(21-17)22-9-4-5-10-22/h6-7,14H,4-5,8-13H2,1-3H3. The summed E-state index contributed by atoms with van der Waals surface area (Å²) in [5.41, 5.74) is -0.457. The first-order valence-electron chi connectivity index (χ1n) is 9.34. The van der Waals surface area contributed by atoms with Crippen molar-refractivity contribution in [3.05, 3.63) is 15.7 Å². The average molecular weight is 473 g/mol. The molecule has 1 aromatic rings. The fraction of sp³-hybridized carbons (Fsp3) is 0.684. The van der Waals surface area contributed by atoms with E-state index in [0.717, 1.165) is 35.4 Å².